The van der Waals surface area contributed by atoms with Gasteiger partial charge in [0.05, 0.1) is 12.2 Å². The molecule has 2 saturated heterocycles. The van der Waals surface area contributed by atoms with E-state index in [1.807, 2.05) is 0 Å². The van der Waals surface area contributed by atoms with Gasteiger partial charge in [0.25, 0.3) is 0 Å². The summed E-state index contributed by atoms with van der Waals surface area (Å²) in [4.78, 5) is 2.54. The van der Waals surface area contributed by atoms with E-state index in [1.165, 1.54) is 25.8 Å². The third-order valence-electron chi connectivity index (χ3n) is 3.76. The summed E-state index contributed by atoms with van der Waals surface area (Å²) in [7, 11) is 0. The fraction of sp³-hybridized carbons (Fsp3) is 1.00. The van der Waals surface area contributed by atoms with Crippen molar-refractivity contribution in [2.75, 3.05) is 26.2 Å². The van der Waals surface area contributed by atoms with Gasteiger partial charge < -0.3 is 10.1 Å². The van der Waals surface area contributed by atoms with Gasteiger partial charge in [0.2, 0.25) is 0 Å². The quantitative estimate of drug-likeness (QED) is 0.774. The van der Waals surface area contributed by atoms with Crippen molar-refractivity contribution in [3.8, 4) is 0 Å². The standard InChI is InChI=1S/C13H26N2O/c1-13(2,3)15-9-6-12(10-15)16-11-4-7-14-8-5-11/h11-12,14H,4-10H2,1-3H3. The number of nitrogens with one attached hydrogen (secondary N) is 1. The first-order valence-corrected chi connectivity index (χ1v) is 6.67. The third kappa shape index (κ3) is 3.19. The van der Waals surface area contributed by atoms with Crippen LogP contribution in [-0.2, 0) is 4.74 Å². The zero-order valence-corrected chi connectivity index (χ0v) is 11.0. The first kappa shape index (κ1) is 12.3. The van der Waals surface area contributed by atoms with Gasteiger partial charge in [0.1, 0.15) is 0 Å². The first-order valence-electron chi connectivity index (χ1n) is 6.67. The summed E-state index contributed by atoms with van der Waals surface area (Å²) in [5.41, 5.74) is 0.298. The van der Waals surface area contributed by atoms with Crippen LogP contribution in [-0.4, -0.2) is 48.8 Å². The molecule has 0 spiro atoms. The minimum atomic E-state index is 0.298. The topological polar surface area (TPSA) is 24.5 Å². The Morgan fingerprint density at radius 2 is 1.75 bits per heavy atom. The summed E-state index contributed by atoms with van der Waals surface area (Å²) in [5, 5.41) is 3.38. The Labute approximate surface area is 99.5 Å². The molecule has 1 unspecified atom stereocenters. The van der Waals surface area contributed by atoms with Crippen molar-refractivity contribution in [2.24, 2.45) is 0 Å². The molecular formula is C13H26N2O. The minimum absolute atomic E-state index is 0.298. The van der Waals surface area contributed by atoms with Gasteiger partial charge in [-0.15, -0.1) is 0 Å². The predicted molar refractivity (Wildman–Crippen MR) is 66.7 cm³/mol. The second-order valence-electron chi connectivity index (χ2n) is 6.11. The number of piperidine rings is 1. The van der Waals surface area contributed by atoms with E-state index in [-0.39, 0.29) is 0 Å². The van der Waals surface area contributed by atoms with Crippen molar-refractivity contribution in [1.29, 1.82) is 0 Å². The maximum Gasteiger partial charge on any atom is 0.0718 e. The molecule has 0 saturated carbocycles. The molecule has 0 aromatic carbocycles. The Kier molecular flexibility index (Phi) is 3.88. The van der Waals surface area contributed by atoms with E-state index < -0.39 is 0 Å². The van der Waals surface area contributed by atoms with E-state index in [0.717, 1.165) is 19.6 Å². The van der Waals surface area contributed by atoms with Crippen LogP contribution in [0.5, 0.6) is 0 Å². The highest BCUT2D eigenvalue weighted by atomic mass is 16.5. The molecule has 0 aromatic heterocycles. The molecule has 2 aliphatic rings. The van der Waals surface area contributed by atoms with Crippen LogP contribution in [0.3, 0.4) is 0 Å². The van der Waals surface area contributed by atoms with Crippen LogP contribution in [0, 0.1) is 0 Å². The van der Waals surface area contributed by atoms with E-state index in [0.29, 0.717) is 17.7 Å². The smallest absolute Gasteiger partial charge is 0.0718 e. The molecule has 3 heteroatoms. The molecule has 0 amide bonds. The van der Waals surface area contributed by atoms with Crippen LogP contribution in [0.25, 0.3) is 0 Å². The molecule has 16 heavy (non-hydrogen) atoms. The summed E-state index contributed by atoms with van der Waals surface area (Å²) < 4.78 is 6.20. The van der Waals surface area contributed by atoms with E-state index in [9.17, 15) is 0 Å². The maximum absolute atomic E-state index is 6.20. The first-order chi connectivity index (χ1) is 7.55. The van der Waals surface area contributed by atoms with Crippen molar-refractivity contribution in [2.45, 2.75) is 57.8 Å². The van der Waals surface area contributed by atoms with Crippen LogP contribution in [0.15, 0.2) is 0 Å². The van der Waals surface area contributed by atoms with Gasteiger partial charge in [-0.3, -0.25) is 4.90 Å². The Morgan fingerprint density at radius 1 is 1.06 bits per heavy atom. The van der Waals surface area contributed by atoms with Gasteiger partial charge in [0, 0.05) is 18.6 Å². The second-order valence-corrected chi connectivity index (χ2v) is 6.11. The molecule has 1 N–H and O–H groups in total. The Morgan fingerprint density at radius 3 is 2.31 bits per heavy atom. The van der Waals surface area contributed by atoms with E-state index in [1.54, 1.807) is 0 Å². The van der Waals surface area contributed by atoms with E-state index >= 15 is 0 Å². The Hall–Kier alpha value is -0.120. The van der Waals surface area contributed by atoms with Gasteiger partial charge in [-0.25, -0.2) is 0 Å². The third-order valence-corrected chi connectivity index (χ3v) is 3.76. The lowest BCUT2D eigenvalue weighted by Crippen LogP contribution is -2.41. The Bertz CT molecular complexity index is 218. The maximum atomic E-state index is 6.20. The highest BCUT2D eigenvalue weighted by Gasteiger charge is 2.32. The molecule has 0 bridgehead atoms. The molecule has 3 nitrogen and oxygen atoms in total. The van der Waals surface area contributed by atoms with Gasteiger partial charge in [0.15, 0.2) is 0 Å². The largest absolute Gasteiger partial charge is 0.374 e. The molecule has 0 aliphatic carbocycles. The fourth-order valence-corrected chi connectivity index (χ4v) is 2.65. The summed E-state index contributed by atoms with van der Waals surface area (Å²) in [6.07, 6.45) is 4.56. The summed E-state index contributed by atoms with van der Waals surface area (Å²) >= 11 is 0. The fourth-order valence-electron chi connectivity index (χ4n) is 2.65. The second kappa shape index (κ2) is 5.03. The van der Waals surface area contributed by atoms with Crippen molar-refractivity contribution < 1.29 is 4.74 Å². The molecule has 0 radical (unpaired) electrons. The van der Waals surface area contributed by atoms with Crippen LogP contribution < -0.4 is 5.32 Å². The lowest BCUT2D eigenvalue weighted by Gasteiger charge is -2.32. The molecule has 94 valence electrons. The molecule has 2 fully saturated rings. The number of rotatable bonds is 2. The molecule has 2 heterocycles. The van der Waals surface area contributed by atoms with E-state index in [2.05, 4.69) is 31.0 Å². The van der Waals surface area contributed by atoms with Crippen LogP contribution >= 0.6 is 0 Å². The zero-order chi connectivity index (χ0) is 11.6. The predicted octanol–water partition coefficient (Wildman–Crippen LogP) is 1.63. The average Bonchev–Trinajstić information content (AvgIpc) is 2.67. The number of hydrogen-bond donors (Lipinski definition) is 1. The van der Waals surface area contributed by atoms with Crippen molar-refractivity contribution in [1.82, 2.24) is 10.2 Å². The molecule has 2 rings (SSSR count). The summed E-state index contributed by atoms with van der Waals surface area (Å²) in [5.74, 6) is 0. The van der Waals surface area contributed by atoms with Crippen LogP contribution in [0.1, 0.15) is 40.0 Å². The highest BCUT2D eigenvalue weighted by Crippen LogP contribution is 2.24. The number of ether oxygens (including phenoxy) is 1. The van der Waals surface area contributed by atoms with E-state index in [4.69, 9.17) is 4.74 Å². The highest BCUT2D eigenvalue weighted by molar-refractivity contribution is 4.86. The summed E-state index contributed by atoms with van der Waals surface area (Å²) in [6.45, 7) is 11.4. The molecular weight excluding hydrogens is 200 g/mol. The van der Waals surface area contributed by atoms with Crippen LogP contribution in [0.4, 0.5) is 0 Å². The SMILES string of the molecule is CC(C)(C)N1CCC(OC2CCNCC2)C1. The van der Waals surface area contributed by atoms with Gasteiger partial charge in [-0.2, -0.15) is 0 Å². The van der Waals surface area contributed by atoms with Crippen LogP contribution in [0.2, 0.25) is 0 Å². The summed E-state index contributed by atoms with van der Waals surface area (Å²) in [6, 6.07) is 0. The number of hydrogen-bond acceptors (Lipinski definition) is 3. The minimum Gasteiger partial charge on any atom is -0.374 e. The zero-order valence-electron chi connectivity index (χ0n) is 11.0. The molecule has 1 atom stereocenters. The lowest BCUT2D eigenvalue weighted by molar-refractivity contribution is -0.0245. The number of nitrogens with zero attached hydrogens (tertiary/aromatic N) is 1. The molecule has 0 aromatic rings. The van der Waals surface area contributed by atoms with Crippen molar-refractivity contribution >= 4 is 0 Å². The molecule has 2 aliphatic heterocycles. The lowest BCUT2D eigenvalue weighted by atomic mass is 10.1. The van der Waals surface area contributed by atoms with Gasteiger partial charge in [-0.05, 0) is 53.1 Å². The monoisotopic (exact) mass is 226 g/mol. The van der Waals surface area contributed by atoms with Crippen molar-refractivity contribution in [3.63, 3.8) is 0 Å². The van der Waals surface area contributed by atoms with Gasteiger partial charge >= 0.3 is 0 Å². The number of likely N-dealkylation sites (tertiary alicyclic amines) is 1. The Balaban J connectivity index is 1.76. The normalized spacial score (nSPS) is 29.8. The van der Waals surface area contributed by atoms with Gasteiger partial charge in [-0.1, -0.05) is 0 Å². The average molecular weight is 226 g/mol. The van der Waals surface area contributed by atoms with Crippen molar-refractivity contribution in [3.05, 3.63) is 0 Å².